The van der Waals surface area contributed by atoms with E-state index < -0.39 is 45.2 Å². The van der Waals surface area contributed by atoms with Crippen LogP contribution in [0.4, 0.5) is 8.78 Å². The van der Waals surface area contributed by atoms with Crippen molar-refractivity contribution in [3.8, 4) is 11.5 Å². The fraction of sp³-hybridized carbons (Fsp3) is 0.600. The molecule has 1 aliphatic carbocycles. The highest BCUT2D eigenvalue weighted by Crippen LogP contribution is 2.31. The van der Waals surface area contributed by atoms with Crippen LogP contribution in [0.2, 0.25) is 0 Å². The molecule has 2 aromatic rings. The lowest BCUT2D eigenvalue weighted by Crippen LogP contribution is -2.48. The molecule has 2 aliphatic heterocycles. The van der Waals surface area contributed by atoms with Gasteiger partial charge in [0.1, 0.15) is 11.9 Å². The molecule has 1 aromatic carbocycles. The van der Waals surface area contributed by atoms with Crippen molar-refractivity contribution in [2.24, 2.45) is 5.92 Å². The van der Waals surface area contributed by atoms with Gasteiger partial charge in [-0.2, -0.15) is 17.1 Å². The number of nitrogens with one attached hydrogen (secondary N) is 1. The lowest BCUT2D eigenvalue weighted by atomic mass is 10.1. The van der Waals surface area contributed by atoms with Crippen LogP contribution >= 0.6 is 0 Å². The zero-order valence-corrected chi connectivity index (χ0v) is 25.5. The third kappa shape index (κ3) is 8.20. The van der Waals surface area contributed by atoms with E-state index in [2.05, 4.69) is 16.9 Å². The number of carbonyl (C=O) groups is 1. The average Bonchev–Trinajstić information content (AvgIpc) is 3.83. The summed E-state index contributed by atoms with van der Waals surface area (Å²) in [7, 11) is -2.20. The Labute approximate surface area is 251 Å². The molecule has 0 bridgehead atoms. The third-order valence-electron chi connectivity index (χ3n) is 8.22. The first-order chi connectivity index (χ1) is 20.6. The quantitative estimate of drug-likeness (QED) is 0.375. The Morgan fingerprint density at radius 3 is 2.28 bits per heavy atom. The molecule has 3 heterocycles. The van der Waals surface area contributed by atoms with E-state index in [4.69, 9.17) is 14.2 Å². The van der Waals surface area contributed by atoms with Gasteiger partial charge in [0, 0.05) is 26.2 Å². The first-order valence-electron chi connectivity index (χ1n) is 15.0. The van der Waals surface area contributed by atoms with Crippen molar-refractivity contribution in [1.82, 2.24) is 18.9 Å². The van der Waals surface area contributed by atoms with Crippen molar-refractivity contribution in [1.29, 1.82) is 0 Å². The van der Waals surface area contributed by atoms with E-state index in [0.29, 0.717) is 43.2 Å². The Morgan fingerprint density at radius 2 is 1.67 bits per heavy atom. The molecule has 5 rings (SSSR count). The summed E-state index contributed by atoms with van der Waals surface area (Å²) in [6, 6.07) is 5.59. The van der Waals surface area contributed by atoms with Crippen molar-refractivity contribution in [3.63, 3.8) is 0 Å². The molecule has 2 saturated heterocycles. The van der Waals surface area contributed by atoms with Crippen molar-refractivity contribution >= 4 is 16.1 Å². The number of piperidine rings is 2. The van der Waals surface area contributed by atoms with Crippen LogP contribution in [0.5, 0.6) is 11.5 Å². The predicted octanol–water partition coefficient (Wildman–Crippen LogP) is 4.23. The second-order valence-corrected chi connectivity index (χ2v) is 13.3. The van der Waals surface area contributed by atoms with E-state index in [1.54, 1.807) is 18.3 Å². The Balaban J connectivity index is 1.15. The number of ether oxygens (including phenoxy) is 3. The Kier molecular flexibility index (Phi) is 10.2. The molecule has 1 aromatic heterocycles. The number of hydrogen-bond acceptors (Lipinski definition) is 8. The van der Waals surface area contributed by atoms with Crippen LogP contribution in [0.25, 0.3) is 0 Å². The summed E-state index contributed by atoms with van der Waals surface area (Å²) < 4.78 is 76.4. The van der Waals surface area contributed by atoms with E-state index in [1.165, 1.54) is 12.8 Å². The maximum Gasteiger partial charge on any atom is 0.304 e. The van der Waals surface area contributed by atoms with E-state index in [1.807, 2.05) is 11.6 Å². The molecule has 1 N–H and O–H groups in total. The molecule has 0 spiro atoms. The van der Waals surface area contributed by atoms with E-state index >= 15 is 8.78 Å². The minimum atomic E-state index is -4.27. The normalized spacial score (nSPS) is 20.1. The number of nitrogens with zero attached hydrogens (tertiary/aromatic N) is 3. The molecule has 0 radical (unpaired) electrons. The van der Waals surface area contributed by atoms with E-state index in [0.717, 1.165) is 42.4 Å². The van der Waals surface area contributed by atoms with Crippen LogP contribution in [-0.4, -0.2) is 80.6 Å². The van der Waals surface area contributed by atoms with Crippen LogP contribution in [0.15, 0.2) is 30.5 Å². The molecule has 43 heavy (non-hydrogen) atoms. The number of pyridine rings is 1. The minimum absolute atomic E-state index is 0.0598. The molecule has 1 amide bonds. The summed E-state index contributed by atoms with van der Waals surface area (Å²) >= 11 is 0. The summed E-state index contributed by atoms with van der Waals surface area (Å²) in [6.07, 6.45) is 6.59. The minimum Gasteiger partial charge on any atom is -0.492 e. The van der Waals surface area contributed by atoms with Gasteiger partial charge in [0.2, 0.25) is 5.82 Å². The first kappa shape index (κ1) is 31.6. The predicted molar refractivity (Wildman–Crippen MR) is 155 cm³/mol. The molecule has 13 heteroatoms. The molecule has 3 fully saturated rings. The number of benzene rings is 1. The summed E-state index contributed by atoms with van der Waals surface area (Å²) in [5.41, 5.74) is -0.230. The van der Waals surface area contributed by atoms with Crippen molar-refractivity contribution in [2.75, 3.05) is 39.8 Å². The number of carbonyl (C=O) groups excluding carboxylic acids is 1. The third-order valence-corrected chi connectivity index (χ3v) is 9.70. The highest BCUT2D eigenvalue weighted by Gasteiger charge is 2.33. The van der Waals surface area contributed by atoms with Crippen molar-refractivity contribution in [2.45, 2.75) is 70.2 Å². The fourth-order valence-corrected chi connectivity index (χ4v) is 6.47. The van der Waals surface area contributed by atoms with Crippen LogP contribution in [-0.2, 0) is 14.9 Å². The van der Waals surface area contributed by atoms with Crippen molar-refractivity contribution < 1.29 is 36.2 Å². The summed E-state index contributed by atoms with van der Waals surface area (Å²) in [6.45, 7) is 4.71. The average molecular weight is 623 g/mol. The van der Waals surface area contributed by atoms with Crippen LogP contribution in [0.3, 0.4) is 0 Å². The topological polar surface area (TPSA) is 110 Å². The number of hydrogen-bond donors (Lipinski definition) is 1. The number of halogens is 2. The molecule has 1 atom stereocenters. The molecule has 3 aliphatic rings. The first-order valence-corrected chi connectivity index (χ1v) is 16.5. The fourth-order valence-electron chi connectivity index (χ4n) is 5.31. The maximum absolute atomic E-state index is 15.0. The van der Waals surface area contributed by atoms with Crippen LogP contribution < -0.4 is 14.2 Å². The highest BCUT2D eigenvalue weighted by molar-refractivity contribution is 7.87. The van der Waals surface area contributed by atoms with Gasteiger partial charge < -0.3 is 19.1 Å². The van der Waals surface area contributed by atoms with E-state index in [9.17, 15) is 13.2 Å². The smallest absolute Gasteiger partial charge is 0.304 e. The van der Waals surface area contributed by atoms with Gasteiger partial charge in [0.15, 0.2) is 11.6 Å². The molecular weight excluding hydrogens is 582 g/mol. The van der Waals surface area contributed by atoms with Gasteiger partial charge in [-0.25, -0.2) is 9.11 Å². The largest absolute Gasteiger partial charge is 0.492 e. The number of aromatic nitrogens is 1. The van der Waals surface area contributed by atoms with Gasteiger partial charge in [0.25, 0.3) is 5.91 Å². The number of rotatable bonds is 12. The number of likely N-dealkylation sites (tertiary alicyclic amines) is 1. The Bertz CT molecular complexity index is 1360. The van der Waals surface area contributed by atoms with Gasteiger partial charge in [-0.1, -0.05) is 6.92 Å². The summed E-state index contributed by atoms with van der Waals surface area (Å²) in [5, 5.41) is 0. The molecule has 1 saturated carbocycles. The molecule has 0 unspecified atom stereocenters. The molecular formula is C30H40F2N4O6S. The van der Waals surface area contributed by atoms with Crippen LogP contribution in [0, 0.1) is 17.6 Å². The molecule has 236 valence electrons. The van der Waals surface area contributed by atoms with Gasteiger partial charge in [0.05, 0.1) is 36.3 Å². The van der Waals surface area contributed by atoms with E-state index in [-0.39, 0.29) is 25.3 Å². The standard InChI is InChI=1S/C30H40F2N4O6S/c1-3-26(25-8-6-23(18-33-25)40-19-20-4-5-20)42-27-9-7-24(28(31)29(27)32)30(37)34-43(38,39)36-16-12-22(13-17-36)41-21-10-14-35(2)15-11-21/h6-9,18,20-22,26H,3-5,10-17,19H2,1-2H3,(H,34,37)/t26-/m1/s1. The Morgan fingerprint density at radius 1 is 1.00 bits per heavy atom. The lowest BCUT2D eigenvalue weighted by molar-refractivity contribution is -0.0564. The summed E-state index contributed by atoms with van der Waals surface area (Å²) in [4.78, 5) is 19.4. The summed E-state index contributed by atoms with van der Waals surface area (Å²) in [5.74, 6) is -3.34. The SMILES string of the molecule is CC[C@@H](Oc1ccc(C(=O)NS(=O)(=O)N2CCC(OC3CCN(C)CC3)CC2)c(F)c1F)c1ccc(OCC2CC2)cn1. The van der Waals surface area contributed by atoms with Crippen LogP contribution in [0.1, 0.15) is 74.0 Å². The lowest BCUT2D eigenvalue weighted by Gasteiger charge is -2.35. The monoisotopic (exact) mass is 622 g/mol. The maximum atomic E-state index is 15.0. The van der Waals surface area contributed by atoms with Gasteiger partial charge in [-0.3, -0.25) is 9.78 Å². The zero-order valence-electron chi connectivity index (χ0n) is 24.6. The van der Waals surface area contributed by atoms with Gasteiger partial charge >= 0.3 is 10.2 Å². The molecule has 10 nitrogen and oxygen atoms in total. The second kappa shape index (κ2) is 13.8. The van der Waals surface area contributed by atoms with Gasteiger partial charge in [-0.15, -0.1) is 0 Å². The zero-order chi connectivity index (χ0) is 30.6. The highest BCUT2D eigenvalue weighted by atomic mass is 32.2. The Hall–Kier alpha value is -2.87. The second-order valence-electron chi connectivity index (χ2n) is 11.6. The number of amides is 1. The van der Waals surface area contributed by atoms with Gasteiger partial charge in [-0.05, 0) is 82.2 Å². The van der Waals surface area contributed by atoms with Crippen molar-refractivity contribution in [3.05, 3.63) is 53.4 Å².